The van der Waals surface area contributed by atoms with Gasteiger partial charge in [0, 0.05) is 40.1 Å². The predicted molar refractivity (Wildman–Crippen MR) is 260 cm³/mol. The van der Waals surface area contributed by atoms with E-state index in [-0.39, 0.29) is 68.0 Å². The molecule has 2 atom stereocenters. The van der Waals surface area contributed by atoms with Crippen molar-refractivity contribution in [2.45, 2.75) is 44.1 Å². The van der Waals surface area contributed by atoms with Crippen LogP contribution in [0.25, 0.3) is 0 Å². The van der Waals surface area contributed by atoms with Gasteiger partial charge in [0.05, 0.1) is 35.6 Å². The number of Topliss-reactive ketones (excluding diaryl/α,β-unsaturated/α-hetero) is 2. The van der Waals surface area contributed by atoms with Crippen LogP contribution in [0.15, 0.2) is 111 Å². The number of carbonyl (C=O) groups excluding carboxylic acids is 6. The summed E-state index contributed by atoms with van der Waals surface area (Å²) in [6.07, 6.45) is 0.199. The number of benzene rings is 5. The van der Waals surface area contributed by atoms with Gasteiger partial charge in [0.15, 0.2) is 11.6 Å². The van der Waals surface area contributed by atoms with E-state index in [4.69, 9.17) is 67.5 Å². The Labute approximate surface area is 409 Å². The van der Waals surface area contributed by atoms with Crippen LogP contribution in [0.2, 0.25) is 10.0 Å². The van der Waals surface area contributed by atoms with Crippen molar-refractivity contribution in [3.63, 3.8) is 0 Å². The van der Waals surface area contributed by atoms with Gasteiger partial charge in [-0.3, -0.25) is 28.8 Å². The van der Waals surface area contributed by atoms with Gasteiger partial charge in [-0.2, -0.15) is 20.5 Å². The van der Waals surface area contributed by atoms with Crippen molar-refractivity contribution in [3.05, 3.63) is 129 Å². The van der Waals surface area contributed by atoms with Crippen LogP contribution in [0.3, 0.4) is 0 Å². The predicted octanol–water partition coefficient (Wildman–Crippen LogP) is 11.1. The summed E-state index contributed by atoms with van der Waals surface area (Å²) in [7, 11) is 2.91. The molecular formula is C46H41Cl5N8O8. The highest BCUT2D eigenvalue weighted by Crippen LogP contribution is 2.32. The first-order valence-corrected chi connectivity index (χ1v) is 22.3. The molecular weight excluding hydrogens is 970 g/mol. The topological polar surface area (TPSA) is 218 Å². The summed E-state index contributed by atoms with van der Waals surface area (Å²) in [6.45, 7) is 2.31. The number of hydrogen-bond donors (Lipinski definition) is 4. The van der Waals surface area contributed by atoms with Gasteiger partial charge in [-0.25, -0.2) is 0 Å². The van der Waals surface area contributed by atoms with E-state index in [1.165, 1.54) is 68.8 Å². The molecule has 0 aliphatic rings. The highest BCUT2D eigenvalue weighted by molar-refractivity contribution is 6.33. The lowest BCUT2D eigenvalue weighted by atomic mass is 10.1. The first-order chi connectivity index (χ1) is 32.1. The molecule has 4 amide bonds. The van der Waals surface area contributed by atoms with Gasteiger partial charge in [0.1, 0.15) is 22.9 Å². The van der Waals surface area contributed by atoms with E-state index >= 15 is 0 Å². The summed E-state index contributed by atoms with van der Waals surface area (Å²) >= 11 is 30.7. The molecule has 0 spiro atoms. The lowest BCUT2D eigenvalue weighted by Crippen LogP contribution is -2.32. The van der Waals surface area contributed by atoms with Gasteiger partial charge in [0.25, 0.3) is 23.6 Å². The van der Waals surface area contributed by atoms with Gasteiger partial charge >= 0.3 is 0 Å². The molecule has 21 heteroatoms. The number of nitrogens with zero attached hydrogens (tertiary/aromatic N) is 4. The second-order valence-corrected chi connectivity index (χ2v) is 16.1. The SMILES string of the molecule is COc1cc(CCl)ccc1NC(=O)c1ccc(Cl)c(N=NC(C(C)=O)C(=O)Nc2ccc(NC(=O)C(N=Nc3cc(C(=O)Nc4ccc(CCl)cc4OC)ccc3Cl)C(C)=O)c(CCCl)c2)c1. The van der Waals surface area contributed by atoms with Crippen molar-refractivity contribution < 1.29 is 38.2 Å². The maximum Gasteiger partial charge on any atom is 0.258 e. The van der Waals surface area contributed by atoms with Crippen LogP contribution in [-0.4, -0.2) is 67.4 Å². The first kappa shape index (κ1) is 51.6. The number of hydrogen-bond acceptors (Lipinski definition) is 12. The number of alkyl halides is 3. The molecule has 0 saturated heterocycles. The third kappa shape index (κ3) is 13.8. The maximum absolute atomic E-state index is 13.5. The summed E-state index contributed by atoms with van der Waals surface area (Å²) in [6, 6.07) is 19.8. The number of amides is 4. The summed E-state index contributed by atoms with van der Waals surface area (Å²) in [5, 5.41) is 27.0. The van der Waals surface area contributed by atoms with Crippen LogP contribution >= 0.6 is 58.0 Å². The zero-order chi connectivity index (χ0) is 48.8. The molecule has 0 aromatic heterocycles. The Hall–Kier alpha value is -6.43. The summed E-state index contributed by atoms with van der Waals surface area (Å²) in [5.41, 5.74) is 3.57. The Kier molecular flexibility index (Phi) is 18.8. The molecule has 67 heavy (non-hydrogen) atoms. The van der Waals surface area contributed by atoms with Crippen molar-refractivity contribution in [2.75, 3.05) is 41.4 Å². The molecule has 4 N–H and O–H groups in total. The Morgan fingerprint density at radius 1 is 0.552 bits per heavy atom. The van der Waals surface area contributed by atoms with Crippen LogP contribution in [-0.2, 0) is 37.4 Å². The Balaban J connectivity index is 1.28. The molecule has 0 bridgehead atoms. The summed E-state index contributed by atoms with van der Waals surface area (Å²) in [5.74, 6) is -2.66. The minimum Gasteiger partial charge on any atom is -0.495 e. The fraction of sp³-hybridized carbons (Fsp3) is 0.217. The molecule has 0 aliphatic heterocycles. The Morgan fingerprint density at radius 2 is 1.00 bits per heavy atom. The Morgan fingerprint density at radius 3 is 1.42 bits per heavy atom. The zero-order valence-corrected chi connectivity index (χ0v) is 39.9. The molecule has 0 radical (unpaired) electrons. The molecule has 0 heterocycles. The van der Waals surface area contributed by atoms with E-state index in [2.05, 4.69) is 41.7 Å². The molecule has 2 unspecified atom stereocenters. The van der Waals surface area contributed by atoms with E-state index in [0.717, 1.165) is 25.0 Å². The zero-order valence-electron chi connectivity index (χ0n) is 36.1. The molecule has 0 fully saturated rings. The molecule has 0 saturated carbocycles. The monoisotopic (exact) mass is 1010 g/mol. The van der Waals surface area contributed by atoms with E-state index in [1.54, 1.807) is 36.4 Å². The fourth-order valence-corrected chi connectivity index (χ4v) is 6.93. The van der Waals surface area contributed by atoms with Crippen LogP contribution in [0.1, 0.15) is 51.3 Å². The molecule has 0 aliphatic carbocycles. The van der Waals surface area contributed by atoms with E-state index in [0.29, 0.717) is 28.4 Å². The van der Waals surface area contributed by atoms with Crippen LogP contribution in [0.4, 0.5) is 34.1 Å². The molecule has 5 aromatic rings. The quantitative estimate of drug-likeness (QED) is 0.0333. The van der Waals surface area contributed by atoms with Gasteiger partial charge in [-0.15, -0.1) is 34.8 Å². The van der Waals surface area contributed by atoms with Crippen molar-refractivity contribution in [3.8, 4) is 11.5 Å². The van der Waals surface area contributed by atoms with Gasteiger partial charge in [-0.05, 0) is 116 Å². The number of ether oxygens (including phenoxy) is 2. The fourth-order valence-electron chi connectivity index (χ4n) is 6.08. The second-order valence-electron chi connectivity index (χ2n) is 14.3. The standard InChI is InChI=1S/C46H41Cl5N8O8/c1-24(60)41(58-56-37-20-29(7-10-32(37)50)43(62)54-35-12-5-26(22-48)17-39(35)66-3)45(64)52-31-9-14-34(28(19-31)15-16-47)53-46(65)42(25(2)61)59-57-38-21-30(8-11-33(38)51)44(63)55-36-13-6-27(23-49)18-40(36)67-4/h5-14,17-21,41-42H,15-16,22-23H2,1-4H3,(H,52,64)(H,53,65)(H,54,62)(H,55,63). The number of halogens is 5. The molecule has 5 rings (SSSR count). The van der Waals surface area contributed by atoms with Crippen LogP contribution < -0.4 is 30.7 Å². The van der Waals surface area contributed by atoms with Gasteiger partial charge in [0.2, 0.25) is 12.1 Å². The third-order valence-electron chi connectivity index (χ3n) is 9.58. The number of aryl methyl sites for hydroxylation is 1. The van der Waals surface area contributed by atoms with Crippen LogP contribution in [0.5, 0.6) is 11.5 Å². The minimum atomic E-state index is -1.64. The summed E-state index contributed by atoms with van der Waals surface area (Å²) in [4.78, 5) is 78.7. The maximum atomic E-state index is 13.5. The molecule has 348 valence electrons. The number of methoxy groups -OCH3 is 2. The van der Waals surface area contributed by atoms with E-state index in [1.807, 2.05) is 0 Å². The lowest BCUT2D eigenvalue weighted by Gasteiger charge is -2.15. The van der Waals surface area contributed by atoms with E-state index in [9.17, 15) is 28.8 Å². The number of ketones is 2. The smallest absolute Gasteiger partial charge is 0.258 e. The Bertz CT molecular complexity index is 2770. The number of rotatable bonds is 20. The number of anilines is 4. The second kappa shape index (κ2) is 24.4. The molecule has 16 nitrogen and oxygen atoms in total. The largest absolute Gasteiger partial charge is 0.495 e. The number of azo groups is 2. The highest BCUT2D eigenvalue weighted by Gasteiger charge is 2.26. The third-order valence-corrected chi connectivity index (χ3v) is 11.0. The van der Waals surface area contributed by atoms with Crippen molar-refractivity contribution in [1.82, 2.24) is 0 Å². The van der Waals surface area contributed by atoms with Crippen molar-refractivity contribution >= 4 is 127 Å². The highest BCUT2D eigenvalue weighted by atomic mass is 35.5. The first-order valence-electron chi connectivity index (χ1n) is 19.9. The van der Waals surface area contributed by atoms with E-state index < -0.39 is 47.3 Å². The average Bonchev–Trinajstić information content (AvgIpc) is 3.31. The average molecular weight is 1010 g/mol. The number of nitrogens with one attached hydrogen (secondary N) is 4. The summed E-state index contributed by atoms with van der Waals surface area (Å²) < 4.78 is 10.7. The lowest BCUT2D eigenvalue weighted by molar-refractivity contribution is -0.127. The number of carbonyl (C=O) groups is 6. The van der Waals surface area contributed by atoms with Crippen LogP contribution in [0, 0.1) is 0 Å². The van der Waals surface area contributed by atoms with Crippen molar-refractivity contribution in [2.24, 2.45) is 20.5 Å². The minimum absolute atomic E-state index is 0.00961. The van der Waals surface area contributed by atoms with Gasteiger partial charge in [-0.1, -0.05) is 35.3 Å². The van der Waals surface area contributed by atoms with Gasteiger partial charge < -0.3 is 30.7 Å². The molecule has 5 aromatic carbocycles. The normalized spacial score (nSPS) is 12.0. The van der Waals surface area contributed by atoms with Crippen molar-refractivity contribution in [1.29, 1.82) is 0 Å².